The van der Waals surface area contributed by atoms with Crippen LogP contribution in [0.5, 0.6) is 0 Å². The number of morpholine rings is 1. The number of rotatable bonds is 4. The molecule has 1 aromatic rings. The number of hydrogen-bond donors (Lipinski definition) is 1. The van der Waals surface area contributed by atoms with Crippen molar-refractivity contribution in [2.24, 2.45) is 0 Å². The Kier molecular flexibility index (Phi) is 4.95. The van der Waals surface area contributed by atoms with Crippen LogP contribution in [0.15, 0.2) is 12.3 Å². The molecule has 1 saturated heterocycles. The van der Waals surface area contributed by atoms with Crippen LogP contribution in [0.4, 0.5) is 0 Å². The Morgan fingerprint density at radius 1 is 1.39 bits per heavy atom. The van der Waals surface area contributed by atoms with Crippen LogP contribution in [0.1, 0.15) is 43.1 Å². The second-order valence-electron chi connectivity index (χ2n) is 6.16. The molecule has 0 spiro atoms. The second kappa shape index (κ2) is 7.12. The molecule has 0 aromatic carbocycles. The fraction of sp³-hybridized carbons (Fsp3) is 0.688. The highest BCUT2D eigenvalue weighted by atomic mass is 16.5. The molecule has 23 heavy (non-hydrogen) atoms. The first kappa shape index (κ1) is 16.0. The van der Waals surface area contributed by atoms with Crippen LogP contribution in [0.3, 0.4) is 0 Å². The van der Waals surface area contributed by atoms with Crippen LogP contribution in [-0.4, -0.2) is 58.3 Å². The van der Waals surface area contributed by atoms with Gasteiger partial charge in [0.1, 0.15) is 5.69 Å². The minimum Gasteiger partial charge on any atom is -0.365 e. The zero-order valence-corrected chi connectivity index (χ0v) is 13.5. The standard InChI is InChI=1S/C16H24N4O3/c1-2-20-8-7-13(18-20)16(22)19-9-10-23-14(11-19)15(21)17-12-5-3-4-6-12/h7-8,12,14H,2-6,9-11H2,1H3,(H,17,21). The predicted molar refractivity (Wildman–Crippen MR) is 83.9 cm³/mol. The number of nitrogens with zero attached hydrogens (tertiary/aromatic N) is 3. The SMILES string of the molecule is CCn1ccc(C(=O)N2CCOC(C(=O)NC3CCCC3)C2)n1. The summed E-state index contributed by atoms with van der Waals surface area (Å²) in [6.45, 7) is 3.85. The van der Waals surface area contributed by atoms with E-state index in [9.17, 15) is 9.59 Å². The highest BCUT2D eigenvalue weighted by molar-refractivity contribution is 5.93. The molecule has 2 heterocycles. The quantitative estimate of drug-likeness (QED) is 0.890. The van der Waals surface area contributed by atoms with Crippen LogP contribution in [-0.2, 0) is 16.1 Å². The number of nitrogens with one attached hydrogen (secondary N) is 1. The summed E-state index contributed by atoms with van der Waals surface area (Å²) in [7, 11) is 0. The maximum Gasteiger partial charge on any atom is 0.274 e. The number of amides is 2. The average molecular weight is 320 g/mol. The summed E-state index contributed by atoms with van der Waals surface area (Å²) in [4.78, 5) is 26.5. The maximum absolute atomic E-state index is 12.5. The Labute approximate surface area is 136 Å². The van der Waals surface area contributed by atoms with Crippen molar-refractivity contribution in [1.82, 2.24) is 20.0 Å². The first-order chi connectivity index (χ1) is 11.2. The monoisotopic (exact) mass is 320 g/mol. The Hall–Kier alpha value is -1.89. The van der Waals surface area contributed by atoms with E-state index in [1.807, 2.05) is 6.92 Å². The van der Waals surface area contributed by atoms with Crippen LogP contribution in [0.25, 0.3) is 0 Å². The smallest absolute Gasteiger partial charge is 0.274 e. The molecule has 7 nitrogen and oxygen atoms in total. The van der Waals surface area contributed by atoms with E-state index in [1.54, 1.807) is 21.8 Å². The Morgan fingerprint density at radius 2 is 2.17 bits per heavy atom. The van der Waals surface area contributed by atoms with Crippen LogP contribution in [0.2, 0.25) is 0 Å². The number of carbonyl (C=O) groups is 2. The van der Waals surface area contributed by atoms with E-state index in [-0.39, 0.29) is 24.4 Å². The van der Waals surface area contributed by atoms with E-state index in [0.29, 0.717) is 18.8 Å². The third-order valence-electron chi connectivity index (χ3n) is 4.53. The molecular weight excluding hydrogens is 296 g/mol. The number of aromatic nitrogens is 2. The van der Waals surface area contributed by atoms with E-state index in [4.69, 9.17) is 4.74 Å². The van der Waals surface area contributed by atoms with Crippen LogP contribution >= 0.6 is 0 Å². The van der Waals surface area contributed by atoms with Crippen LogP contribution < -0.4 is 5.32 Å². The highest BCUT2D eigenvalue weighted by Crippen LogP contribution is 2.18. The van der Waals surface area contributed by atoms with Crippen molar-refractivity contribution >= 4 is 11.8 Å². The molecule has 2 fully saturated rings. The Bertz CT molecular complexity index is 565. The van der Waals surface area contributed by atoms with Gasteiger partial charge in [-0.25, -0.2) is 0 Å². The fourth-order valence-corrected chi connectivity index (χ4v) is 3.17. The highest BCUT2D eigenvalue weighted by Gasteiger charge is 2.31. The van der Waals surface area contributed by atoms with E-state index >= 15 is 0 Å². The maximum atomic E-state index is 12.5. The average Bonchev–Trinajstić information content (AvgIpc) is 3.25. The first-order valence-electron chi connectivity index (χ1n) is 8.42. The predicted octanol–water partition coefficient (Wildman–Crippen LogP) is 0.803. The number of carbonyl (C=O) groups excluding carboxylic acids is 2. The molecule has 1 aliphatic carbocycles. The largest absolute Gasteiger partial charge is 0.365 e. The van der Waals surface area contributed by atoms with Gasteiger partial charge in [0.2, 0.25) is 0 Å². The summed E-state index contributed by atoms with van der Waals surface area (Å²) < 4.78 is 7.28. The molecule has 2 amide bonds. The number of ether oxygens (including phenoxy) is 1. The van der Waals surface area contributed by atoms with Gasteiger partial charge in [0.15, 0.2) is 6.10 Å². The molecule has 1 saturated carbocycles. The topological polar surface area (TPSA) is 76.5 Å². The van der Waals surface area contributed by atoms with Gasteiger partial charge in [-0.15, -0.1) is 0 Å². The Morgan fingerprint density at radius 3 is 2.87 bits per heavy atom. The molecule has 126 valence electrons. The van der Waals surface area contributed by atoms with Gasteiger partial charge in [-0.3, -0.25) is 14.3 Å². The van der Waals surface area contributed by atoms with E-state index < -0.39 is 6.10 Å². The van der Waals surface area contributed by atoms with E-state index in [0.717, 1.165) is 19.4 Å². The lowest BCUT2D eigenvalue weighted by atomic mass is 10.2. The zero-order chi connectivity index (χ0) is 16.2. The van der Waals surface area contributed by atoms with Gasteiger partial charge < -0.3 is 15.0 Å². The van der Waals surface area contributed by atoms with Gasteiger partial charge >= 0.3 is 0 Å². The minimum atomic E-state index is -0.582. The lowest BCUT2D eigenvalue weighted by Crippen LogP contribution is -2.53. The van der Waals surface area contributed by atoms with Gasteiger partial charge in [-0.2, -0.15) is 5.10 Å². The van der Waals surface area contributed by atoms with Crippen molar-refractivity contribution in [2.45, 2.75) is 51.3 Å². The van der Waals surface area contributed by atoms with Crippen molar-refractivity contribution in [2.75, 3.05) is 19.7 Å². The van der Waals surface area contributed by atoms with E-state index in [1.165, 1.54) is 12.8 Å². The second-order valence-corrected chi connectivity index (χ2v) is 6.16. The molecule has 1 aromatic heterocycles. The summed E-state index contributed by atoms with van der Waals surface area (Å²) >= 11 is 0. The van der Waals surface area contributed by atoms with Gasteiger partial charge in [-0.05, 0) is 25.8 Å². The third-order valence-corrected chi connectivity index (χ3v) is 4.53. The molecule has 0 radical (unpaired) electrons. The van der Waals surface area contributed by atoms with Crippen LogP contribution in [0, 0.1) is 0 Å². The van der Waals surface area contributed by atoms with Crippen molar-refractivity contribution < 1.29 is 14.3 Å². The van der Waals surface area contributed by atoms with Gasteiger partial charge in [0.25, 0.3) is 11.8 Å². The number of aryl methyl sites for hydroxylation is 1. The zero-order valence-electron chi connectivity index (χ0n) is 13.5. The lowest BCUT2D eigenvalue weighted by molar-refractivity contribution is -0.137. The van der Waals surface area contributed by atoms with Gasteiger partial charge in [-0.1, -0.05) is 12.8 Å². The molecule has 7 heteroatoms. The molecule has 1 unspecified atom stereocenters. The van der Waals surface area contributed by atoms with Gasteiger partial charge in [0, 0.05) is 25.3 Å². The number of hydrogen-bond acceptors (Lipinski definition) is 4. The van der Waals surface area contributed by atoms with Gasteiger partial charge in [0.05, 0.1) is 13.2 Å². The van der Waals surface area contributed by atoms with Crippen molar-refractivity contribution in [3.05, 3.63) is 18.0 Å². The summed E-state index contributed by atoms with van der Waals surface area (Å²) in [5.41, 5.74) is 0.420. The minimum absolute atomic E-state index is 0.103. The summed E-state index contributed by atoms with van der Waals surface area (Å²) in [5, 5.41) is 7.28. The summed E-state index contributed by atoms with van der Waals surface area (Å²) in [5.74, 6) is -0.243. The van der Waals surface area contributed by atoms with Crippen molar-refractivity contribution in [3.63, 3.8) is 0 Å². The lowest BCUT2D eigenvalue weighted by Gasteiger charge is -2.32. The third kappa shape index (κ3) is 3.72. The Balaban J connectivity index is 1.58. The first-order valence-corrected chi connectivity index (χ1v) is 8.42. The summed E-state index contributed by atoms with van der Waals surface area (Å²) in [6, 6.07) is 1.98. The molecule has 1 aliphatic heterocycles. The summed E-state index contributed by atoms with van der Waals surface area (Å²) in [6.07, 6.45) is 5.62. The molecule has 2 aliphatic rings. The van der Waals surface area contributed by atoms with Crippen molar-refractivity contribution in [3.8, 4) is 0 Å². The normalized spacial score (nSPS) is 22.3. The molecule has 1 atom stereocenters. The molecule has 0 bridgehead atoms. The molecule has 3 rings (SSSR count). The van der Waals surface area contributed by atoms with E-state index in [2.05, 4.69) is 10.4 Å². The van der Waals surface area contributed by atoms with Crippen molar-refractivity contribution in [1.29, 1.82) is 0 Å². The molecule has 1 N–H and O–H groups in total. The fourth-order valence-electron chi connectivity index (χ4n) is 3.17. The molecular formula is C16H24N4O3.